The van der Waals surface area contributed by atoms with Gasteiger partial charge in [0.1, 0.15) is 0 Å². The maximum Gasteiger partial charge on any atom is 0.255 e. The van der Waals surface area contributed by atoms with E-state index in [9.17, 15) is 13.6 Å². The number of nitrogens with one attached hydrogen (secondary N) is 1. The highest BCUT2D eigenvalue weighted by molar-refractivity contribution is 7.22. The van der Waals surface area contributed by atoms with E-state index in [1.165, 1.54) is 4.70 Å². The molecule has 1 amide bonds. The molecule has 1 aromatic carbocycles. The number of halogens is 2. The number of hydrogen-bond donors (Lipinski definition) is 1. The Labute approximate surface area is 137 Å². The molecule has 124 valence electrons. The van der Waals surface area contributed by atoms with Crippen LogP contribution in [-0.4, -0.2) is 37.0 Å². The number of alkyl halides is 2. The predicted octanol–water partition coefficient (Wildman–Crippen LogP) is 3.28. The third kappa shape index (κ3) is 4.16. The summed E-state index contributed by atoms with van der Waals surface area (Å²) < 4.78 is 25.3. The van der Waals surface area contributed by atoms with E-state index in [1.807, 2.05) is 18.2 Å². The summed E-state index contributed by atoms with van der Waals surface area (Å²) in [7, 11) is 0. The second-order valence-corrected chi connectivity index (χ2v) is 6.80. The Bertz CT molecular complexity index is 635. The monoisotopic (exact) mass is 339 g/mol. The first-order chi connectivity index (χ1) is 11.1. The van der Waals surface area contributed by atoms with Gasteiger partial charge in [0.25, 0.3) is 6.43 Å². The predicted molar refractivity (Wildman–Crippen MR) is 88.2 cm³/mol. The summed E-state index contributed by atoms with van der Waals surface area (Å²) in [5.74, 6) is -0.0120. The fourth-order valence-corrected chi connectivity index (χ4v) is 3.87. The van der Waals surface area contributed by atoms with E-state index in [0.29, 0.717) is 6.42 Å². The fourth-order valence-electron chi connectivity index (χ4n) is 2.85. The maximum absolute atomic E-state index is 12.1. The number of fused-ring (bicyclic) bond motifs is 1. The van der Waals surface area contributed by atoms with Crippen LogP contribution in [-0.2, 0) is 4.79 Å². The number of thiazole rings is 1. The van der Waals surface area contributed by atoms with Gasteiger partial charge in [0.05, 0.1) is 16.8 Å². The largest absolute Gasteiger partial charge is 0.350 e. The van der Waals surface area contributed by atoms with Gasteiger partial charge in [-0.15, -0.1) is 0 Å². The molecule has 23 heavy (non-hydrogen) atoms. The molecule has 0 spiro atoms. The van der Waals surface area contributed by atoms with Crippen molar-refractivity contribution in [3.05, 3.63) is 24.3 Å². The van der Waals surface area contributed by atoms with Gasteiger partial charge in [0.2, 0.25) is 5.91 Å². The minimum Gasteiger partial charge on any atom is -0.350 e. The molecule has 0 aliphatic carbocycles. The first kappa shape index (κ1) is 16.1. The Morgan fingerprint density at radius 1 is 1.35 bits per heavy atom. The lowest BCUT2D eigenvalue weighted by atomic mass is 9.93. The average Bonchev–Trinajstić information content (AvgIpc) is 2.97. The SMILES string of the molecule is O=C(CC1CCN(c2nc3ccccc3s2)CC1)NCC(F)F. The number of aromatic nitrogens is 1. The van der Waals surface area contributed by atoms with Crippen LogP contribution in [0.4, 0.5) is 13.9 Å². The zero-order chi connectivity index (χ0) is 16.2. The summed E-state index contributed by atoms with van der Waals surface area (Å²) in [6, 6.07) is 8.07. The lowest BCUT2D eigenvalue weighted by molar-refractivity contribution is -0.122. The molecule has 3 rings (SSSR count). The molecule has 1 aromatic heterocycles. The third-order valence-corrected chi connectivity index (χ3v) is 5.19. The second-order valence-electron chi connectivity index (χ2n) is 5.79. The van der Waals surface area contributed by atoms with Gasteiger partial charge in [-0.1, -0.05) is 23.5 Å². The van der Waals surface area contributed by atoms with Crippen LogP contribution in [0.3, 0.4) is 0 Å². The highest BCUT2D eigenvalue weighted by atomic mass is 32.1. The van der Waals surface area contributed by atoms with E-state index in [-0.39, 0.29) is 11.8 Å². The molecule has 1 saturated heterocycles. The van der Waals surface area contributed by atoms with Crippen LogP contribution in [0.1, 0.15) is 19.3 Å². The van der Waals surface area contributed by atoms with Gasteiger partial charge < -0.3 is 10.2 Å². The third-order valence-electron chi connectivity index (χ3n) is 4.10. The Balaban J connectivity index is 1.51. The Hall–Kier alpha value is -1.76. The van der Waals surface area contributed by atoms with Gasteiger partial charge >= 0.3 is 0 Å². The molecule has 1 aliphatic heterocycles. The number of piperidine rings is 1. The minimum atomic E-state index is -2.49. The zero-order valence-corrected chi connectivity index (χ0v) is 13.5. The first-order valence-electron chi connectivity index (χ1n) is 7.77. The van der Waals surface area contributed by atoms with Gasteiger partial charge in [-0.25, -0.2) is 13.8 Å². The number of anilines is 1. The van der Waals surface area contributed by atoms with E-state index >= 15 is 0 Å². The summed E-state index contributed by atoms with van der Waals surface area (Å²) in [5.41, 5.74) is 1.01. The summed E-state index contributed by atoms with van der Waals surface area (Å²) in [4.78, 5) is 18.5. The van der Waals surface area contributed by atoms with Crippen LogP contribution >= 0.6 is 11.3 Å². The van der Waals surface area contributed by atoms with E-state index in [0.717, 1.165) is 36.6 Å². The molecule has 1 fully saturated rings. The number of carbonyl (C=O) groups is 1. The van der Waals surface area contributed by atoms with Crippen molar-refractivity contribution in [1.82, 2.24) is 10.3 Å². The highest BCUT2D eigenvalue weighted by Crippen LogP contribution is 2.31. The van der Waals surface area contributed by atoms with Crippen molar-refractivity contribution in [2.24, 2.45) is 5.92 Å². The van der Waals surface area contributed by atoms with Gasteiger partial charge in [0.15, 0.2) is 5.13 Å². The molecular formula is C16H19F2N3OS. The Morgan fingerprint density at radius 2 is 2.09 bits per heavy atom. The van der Waals surface area contributed by atoms with Crippen LogP contribution in [0.2, 0.25) is 0 Å². The molecule has 4 nitrogen and oxygen atoms in total. The lowest BCUT2D eigenvalue weighted by Crippen LogP contribution is -2.36. The Morgan fingerprint density at radius 3 is 2.78 bits per heavy atom. The van der Waals surface area contributed by atoms with Crippen LogP contribution in [0.25, 0.3) is 10.2 Å². The van der Waals surface area contributed by atoms with Crippen molar-refractivity contribution in [2.45, 2.75) is 25.7 Å². The molecule has 1 aliphatic rings. The molecule has 1 N–H and O–H groups in total. The second kappa shape index (κ2) is 7.21. The van der Waals surface area contributed by atoms with E-state index in [2.05, 4.69) is 21.3 Å². The van der Waals surface area contributed by atoms with Crippen LogP contribution < -0.4 is 10.2 Å². The van der Waals surface area contributed by atoms with Crippen molar-refractivity contribution in [1.29, 1.82) is 0 Å². The molecule has 0 atom stereocenters. The number of nitrogens with zero attached hydrogens (tertiary/aromatic N) is 2. The summed E-state index contributed by atoms with van der Waals surface area (Å²) in [5, 5.41) is 3.30. The lowest BCUT2D eigenvalue weighted by Gasteiger charge is -2.31. The smallest absolute Gasteiger partial charge is 0.255 e. The normalized spacial score (nSPS) is 16.2. The minimum absolute atomic E-state index is 0.262. The summed E-state index contributed by atoms with van der Waals surface area (Å²) in [6.45, 7) is 1.16. The molecule has 7 heteroatoms. The molecule has 0 radical (unpaired) electrons. The Kier molecular flexibility index (Phi) is 5.05. The molecule has 2 heterocycles. The highest BCUT2D eigenvalue weighted by Gasteiger charge is 2.23. The number of hydrogen-bond acceptors (Lipinski definition) is 4. The van der Waals surface area contributed by atoms with Crippen molar-refractivity contribution >= 4 is 32.6 Å². The number of amides is 1. The van der Waals surface area contributed by atoms with Crippen molar-refractivity contribution in [3.63, 3.8) is 0 Å². The standard InChI is InChI=1S/C16H19F2N3OS/c17-14(18)10-19-15(22)9-11-5-7-21(8-6-11)16-20-12-3-1-2-4-13(12)23-16/h1-4,11,14H,5-10H2,(H,19,22). The number of para-hydroxylation sites is 1. The zero-order valence-electron chi connectivity index (χ0n) is 12.7. The first-order valence-corrected chi connectivity index (χ1v) is 8.59. The summed E-state index contributed by atoms with van der Waals surface area (Å²) >= 11 is 1.68. The van der Waals surface area contributed by atoms with Gasteiger partial charge in [0, 0.05) is 19.5 Å². The van der Waals surface area contributed by atoms with E-state index in [4.69, 9.17) is 0 Å². The van der Waals surface area contributed by atoms with Gasteiger partial charge in [-0.05, 0) is 30.9 Å². The van der Waals surface area contributed by atoms with E-state index < -0.39 is 13.0 Å². The van der Waals surface area contributed by atoms with Crippen LogP contribution in [0.5, 0.6) is 0 Å². The maximum atomic E-state index is 12.1. The number of carbonyl (C=O) groups excluding carboxylic acids is 1. The fraction of sp³-hybridized carbons (Fsp3) is 0.500. The van der Waals surface area contributed by atoms with Gasteiger partial charge in [-0.3, -0.25) is 4.79 Å². The van der Waals surface area contributed by atoms with E-state index in [1.54, 1.807) is 11.3 Å². The molecule has 0 unspecified atom stereocenters. The summed E-state index contributed by atoms with van der Waals surface area (Å²) in [6.07, 6.45) is -0.379. The molecular weight excluding hydrogens is 320 g/mol. The quantitative estimate of drug-likeness (QED) is 0.909. The molecule has 0 bridgehead atoms. The molecule has 0 saturated carbocycles. The van der Waals surface area contributed by atoms with Gasteiger partial charge in [-0.2, -0.15) is 0 Å². The van der Waals surface area contributed by atoms with Crippen molar-refractivity contribution in [2.75, 3.05) is 24.5 Å². The number of rotatable bonds is 5. The van der Waals surface area contributed by atoms with Crippen LogP contribution in [0.15, 0.2) is 24.3 Å². The number of benzene rings is 1. The van der Waals surface area contributed by atoms with Crippen molar-refractivity contribution in [3.8, 4) is 0 Å². The average molecular weight is 339 g/mol. The van der Waals surface area contributed by atoms with Crippen molar-refractivity contribution < 1.29 is 13.6 Å². The molecule has 2 aromatic rings. The topological polar surface area (TPSA) is 45.2 Å². The van der Waals surface area contributed by atoms with Crippen LogP contribution in [0, 0.1) is 5.92 Å².